The predicted molar refractivity (Wildman–Crippen MR) is 60.8 cm³/mol. The summed E-state index contributed by atoms with van der Waals surface area (Å²) in [6.45, 7) is 0.532. The predicted octanol–water partition coefficient (Wildman–Crippen LogP) is 2.53. The highest BCUT2D eigenvalue weighted by Gasteiger charge is 2.30. The summed E-state index contributed by atoms with van der Waals surface area (Å²) in [5.74, 6) is 0. The van der Waals surface area contributed by atoms with Gasteiger partial charge in [0.1, 0.15) is 0 Å². The first-order chi connectivity index (χ1) is 7.83. The number of hydrogen-bond acceptors (Lipinski definition) is 4. The van der Waals surface area contributed by atoms with Crippen molar-refractivity contribution in [1.82, 2.24) is 0 Å². The van der Waals surface area contributed by atoms with Crippen molar-refractivity contribution in [2.24, 2.45) is 9.98 Å². The third kappa shape index (κ3) is 4.09. The number of nitrogens with zero attached hydrogens (tertiary/aromatic N) is 2. The molecule has 0 saturated heterocycles. The van der Waals surface area contributed by atoms with Crippen LogP contribution in [0.2, 0.25) is 0 Å². The molecule has 4 nitrogen and oxygen atoms in total. The van der Waals surface area contributed by atoms with E-state index in [0.29, 0.717) is 6.54 Å². The number of hydrogen-bond donors (Lipinski definition) is 0. The van der Waals surface area contributed by atoms with Crippen LogP contribution in [0.1, 0.15) is 51.4 Å². The lowest BCUT2D eigenvalue weighted by Crippen LogP contribution is -2.29. The topological polar surface area (TPSA) is 58.9 Å². The van der Waals surface area contributed by atoms with Crippen LogP contribution in [0.25, 0.3) is 0 Å². The van der Waals surface area contributed by atoms with E-state index in [-0.39, 0.29) is 5.54 Å². The smallest absolute Gasteiger partial charge is 0.211 e. The average Bonchev–Trinajstić information content (AvgIpc) is 2.30. The first-order valence-electron chi connectivity index (χ1n) is 5.96. The fraction of sp³-hybridized carbons (Fsp3) is 0.833. The molecule has 16 heavy (non-hydrogen) atoms. The van der Waals surface area contributed by atoms with E-state index in [1.54, 1.807) is 6.08 Å². The van der Waals surface area contributed by atoms with Crippen LogP contribution in [-0.2, 0) is 9.59 Å². The molecule has 0 N–H and O–H groups in total. The molecule has 0 aromatic carbocycles. The van der Waals surface area contributed by atoms with Crippen LogP contribution in [0.3, 0.4) is 0 Å². The van der Waals surface area contributed by atoms with E-state index in [1.165, 1.54) is 12.5 Å². The number of carbonyl (C=O) groups excluding carboxylic acids is 2. The quantitative estimate of drug-likeness (QED) is 0.394. The Hall–Kier alpha value is -1.24. The van der Waals surface area contributed by atoms with Gasteiger partial charge < -0.3 is 0 Å². The average molecular weight is 222 g/mol. The monoisotopic (exact) mass is 222 g/mol. The highest BCUT2D eigenvalue weighted by atomic mass is 16.1. The van der Waals surface area contributed by atoms with Crippen LogP contribution in [0.5, 0.6) is 0 Å². The van der Waals surface area contributed by atoms with Gasteiger partial charge in [0.25, 0.3) is 0 Å². The standard InChI is InChI=1S/C12H18N2O2/c15-10-13-9-5-4-8-12(14-11-16)6-2-1-3-7-12/h1-9H2. The summed E-state index contributed by atoms with van der Waals surface area (Å²) in [7, 11) is 0. The number of isocyanates is 2. The normalized spacial score (nSPS) is 18.2. The molecule has 0 heterocycles. The van der Waals surface area contributed by atoms with Crippen molar-refractivity contribution < 1.29 is 9.59 Å². The van der Waals surface area contributed by atoms with Crippen molar-refractivity contribution in [3.63, 3.8) is 0 Å². The molecule has 0 aromatic rings. The summed E-state index contributed by atoms with van der Waals surface area (Å²) < 4.78 is 0. The van der Waals surface area contributed by atoms with Crippen LogP contribution in [0, 0.1) is 0 Å². The maximum atomic E-state index is 10.5. The van der Waals surface area contributed by atoms with E-state index in [1.807, 2.05) is 0 Å². The first-order valence-corrected chi connectivity index (χ1v) is 5.96. The maximum Gasteiger partial charge on any atom is 0.235 e. The van der Waals surface area contributed by atoms with Crippen molar-refractivity contribution in [2.75, 3.05) is 6.54 Å². The van der Waals surface area contributed by atoms with E-state index < -0.39 is 0 Å². The highest BCUT2D eigenvalue weighted by molar-refractivity contribution is 5.35. The lowest BCUT2D eigenvalue weighted by Gasteiger charge is -2.32. The van der Waals surface area contributed by atoms with E-state index >= 15 is 0 Å². The van der Waals surface area contributed by atoms with Crippen LogP contribution in [0.15, 0.2) is 9.98 Å². The molecule has 0 aliphatic heterocycles. The molecule has 1 saturated carbocycles. The number of aliphatic imine (C=N–C) groups is 2. The van der Waals surface area contributed by atoms with Crippen molar-refractivity contribution in [1.29, 1.82) is 0 Å². The lowest BCUT2D eigenvalue weighted by molar-refractivity contribution is 0.273. The summed E-state index contributed by atoms with van der Waals surface area (Å²) in [6.07, 6.45) is 11.5. The van der Waals surface area contributed by atoms with Gasteiger partial charge in [-0.3, -0.25) is 0 Å². The summed E-state index contributed by atoms with van der Waals surface area (Å²) in [5, 5.41) is 0. The van der Waals surface area contributed by atoms with Crippen molar-refractivity contribution >= 4 is 12.2 Å². The molecule has 0 atom stereocenters. The van der Waals surface area contributed by atoms with Gasteiger partial charge in [0, 0.05) is 0 Å². The number of rotatable bonds is 6. The third-order valence-corrected chi connectivity index (χ3v) is 3.29. The Morgan fingerprint density at radius 3 is 2.38 bits per heavy atom. The Morgan fingerprint density at radius 1 is 1.00 bits per heavy atom. The Morgan fingerprint density at radius 2 is 1.75 bits per heavy atom. The Kier molecular flexibility index (Phi) is 5.69. The van der Waals surface area contributed by atoms with Crippen molar-refractivity contribution in [3.8, 4) is 0 Å². The third-order valence-electron chi connectivity index (χ3n) is 3.29. The van der Waals surface area contributed by atoms with Crippen molar-refractivity contribution in [3.05, 3.63) is 0 Å². The first kappa shape index (κ1) is 12.8. The summed E-state index contributed by atoms with van der Waals surface area (Å²) in [5.41, 5.74) is -0.162. The SMILES string of the molecule is O=C=NCCCCC1(N=C=O)CCCCC1. The van der Waals surface area contributed by atoms with Gasteiger partial charge in [0.15, 0.2) is 0 Å². The second-order valence-corrected chi connectivity index (χ2v) is 4.42. The highest BCUT2D eigenvalue weighted by Crippen LogP contribution is 2.35. The molecule has 88 valence electrons. The summed E-state index contributed by atoms with van der Waals surface area (Å²) >= 11 is 0. The molecule has 0 aromatic heterocycles. The van der Waals surface area contributed by atoms with Gasteiger partial charge in [-0.25, -0.2) is 14.6 Å². The van der Waals surface area contributed by atoms with Crippen LogP contribution in [0.4, 0.5) is 0 Å². The molecule has 0 unspecified atom stereocenters. The second kappa shape index (κ2) is 7.10. The molecule has 0 bridgehead atoms. The molecule has 1 aliphatic rings. The second-order valence-electron chi connectivity index (χ2n) is 4.42. The van der Waals surface area contributed by atoms with Gasteiger partial charge in [-0.15, -0.1) is 0 Å². The zero-order valence-corrected chi connectivity index (χ0v) is 9.57. The Bertz CT molecular complexity index is 296. The maximum absolute atomic E-state index is 10.5. The van der Waals surface area contributed by atoms with Gasteiger partial charge in [0.2, 0.25) is 12.2 Å². The lowest BCUT2D eigenvalue weighted by atomic mass is 9.79. The molecular formula is C12H18N2O2. The van der Waals surface area contributed by atoms with E-state index in [9.17, 15) is 9.59 Å². The van der Waals surface area contributed by atoms with E-state index in [4.69, 9.17) is 0 Å². The molecule has 0 radical (unpaired) electrons. The molecule has 1 aliphatic carbocycles. The number of unbranched alkanes of at least 4 members (excludes halogenated alkanes) is 1. The van der Waals surface area contributed by atoms with Gasteiger partial charge >= 0.3 is 0 Å². The minimum Gasteiger partial charge on any atom is -0.211 e. The van der Waals surface area contributed by atoms with Crippen LogP contribution < -0.4 is 0 Å². The largest absolute Gasteiger partial charge is 0.235 e. The summed E-state index contributed by atoms with van der Waals surface area (Å²) in [4.78, 5) is 27.9. The molecular weight excluding hydrogens is 204 g/mol. The zero-order chi connectivity index (χ0) is 11.7. The molecule has 1 rings (SSSR count). The van der Waals surface area contributed by atoms with Gasteiger partial charge in [0.05, 0.1) is 12.1 Å². The van der Waals surface area contributed by atoms with Gasteiger partial charge in [-0.1, -0.05) is 19.3 Å². The molecule has 4 heteroatoms. The molecule has 0 amide bonds. The van der Waals surface area contributed by atoms with Crippen LogP contribution >= 0.6 is 0 Å². The fourth-order valence-electron chi connectivity index (χ4n) is 2.41. The molecule has 1 fully saturated rings. The Balaban J connectivity index is 2.38. The Labute approximate surface area is 95.9 Å². The minimum atomic E-state index is -0.162. The zero-order valence-electron chi connectivity index (χ0n) is 9.57. The fourth-order valence-corrected chi connectivity index (χ4v) is 2.41. The minimum absolute atomic E-state index is 0.162. The van der Waals surface area contributed by atoms with E-state index in [2.05, 4.69) is 9.98 Å². The summed E-state index contributed by atoms with van der Waals surface area (Å²) in [6, 6.07) is 0. The van der Waals surface area contributed by atoms with Crippen molar-refractivity contribution in [2.45, 2.75) is 56.9 Å². The molecule has 0 spiro atoms. The van der Waals surface area contributed by atoms with Gasteiger partial charge in [-0.2, -0.15) is 4.99 Å². The van der Waals surface area contributed by atoms with Gasteiger partial charge in [-0.05, 0) is 32.1 Å². The van der Waals surface area contributed by atoms with Crippen LogP contribution in [-0.4, -0.2) is 24.2 Å². The van der Waals surface area contributed by atoms with E-state index in [0.717, 1.165) is 44.9 Å².